The number of carbonyl (C=O) groups excluding carboxylic acids is 3. The van der Waals surface area contributed by atoms with Gasteiger partial charge in [0, 0.05) is 25.6 Å². The lowest BCUT2D eigenvalue weighted by atomic mass is 9.65. The molecule has 0 aromatic rings. The highest BCUT2D eigenvalue weighted by Crippen LogP contribution is 2.45. The average Bonchev–Trinajstić information content (AvgIpc) is 3.17. The van der Waals surface area contributed by atoms with E-state index in [1.807, 2.05) is 0 Å². The third-order valence-corrected chi connectivity index (χ3v) is 7.27. The van der Waals surface area contributed by atoms with E-state index in [0.717, 1.165) is 24.2 Å². The number of urea groups is 1. The molecule has 2 saturated heterocycles. The summed E-state index contributed by atoms with van der Waals surface area (Å²) in [4.78, 5) is 38.7. The molecule has 0 aromatic carbocycles. The van der Waals surface area contributed by atoms with Crippen LogP contribution < -0.4 is 16.0 Å². The molecule has 9 heteroatoms. The monoisotopic (exact) mass is 430 g/mol. The zero-order valence-corrected chi connectivity index (χ0v) is 18.4. The van der Waals surface area contributed by atoms with Gasteiger partial charge in [-0.25, -0.2) is 4.79 Å². The highest BCUT2D eigenvalue weighted by Gasteiger charge is 2.53. The number of amides is 4. The van der Waals surface area contributed by atoms with Gasteiger partial charge in [-0.1, -0.05) is 27.2 Å². The summed E-state index contributed by atoms with van der Waals surface area (Å²) in [6.45, 7) is 7.93. The molecule has 3 fully saturated rings. The van der Waals surface area contributed by atoms with Crippen LogP contribution in [-0.2, 0) is 9.59 Å². The molecular formula is C20H35ClN4O4. The second kappa shape index (κ2) is 9.18. The second-order valence-corrected chi connectivity index (χ2v) is 9.31. The third kappa shape index (κ3) is 4.86. The number of rotatable bonds is 6. The van der Waals surface area contributed by atoms with Crippen molar-refractivity contribution in [2.45, 2.75) is 64.5 Å². The van der Waals surface area contributed by atoms with Gasteiger partial charge < -0.3 is 21.1 Å². The molecule has 4 amide bonds. The first-order chi connectivity index (χ1) is 13.2. The number of imide groups is 1. The fraction of sp³-hybridized carbons (Fsp3) is 0.850. The van der Waals surface area contributed by atoms with Gasteiger partial charge in [0.25, 0.3) is 5.91 Å². The lowest BCUT2D eigenvalue weighted by Gasteiger charge is -2.42. The normalized spacial score (nSPS) is 32.3. The Bertz CT molecular complexity index is 634. The zero-order chi connectivity index (χ0) is 20.5. The Morgan fingerprint density at radius 3 is 2.48 bits per heavy atom. The molecule has 2 atom stereocenters. The molecule has 3 aliphatic rings. The van der Waals surface area contributed by atoms with Crippen LogP contribution in [0, 0.1) is 17.3 Å². The number of β-amino-alcohol motifs (C(OH)–C–C–N with tert-alkyl or cyclic N) is 1. The average molecular weight is 431 g/mol. The number of halogens is 1. The molecule has 1 saturated carbocycles. The highest BCUT2D eigenvalue weighted by atomic mass is 35.5. The van der Waals surface area contributed by atoms with Crippen LogP contribution in [0.3, 0.4) is 0 Å². The summed E-state index contributed by atoms with van der Waals surface area (Å²) in [6, 6.07) is -0.476. The summed E-state index contributed by atoms with van der Waals surface area (Å²) in [5.74, 6) is -0.157. The summed E-state index contributed by atoms with van der Waals surface area (Å²) in [5, 5.41) is 18.5. The zero-order valence-electron chi connectivity index (χ0n) is 17.6. The molecule has 29 heavy (non-hydrogen) atoms. The molecular weight excluding hydrogens is 396 g/mol. The standard InChI is InChI=1S/C20H34N4O4.ClH/c1-4-19(2,3)14-5-7-20(8-6-14)17(27)24(18(28)23-20)12-16(26)22-10-13-9-21-11-15(13)25;/h13-15,21,25H,4-12H2,1-3H3,(H,22,26)(H,23,28);1H. The lowest BCUT2D eigenvalue weighted by molar-refractivity contribution is -0.136. The number of aliphatic hydroxyl groups excluding tert-OH is 1. The maximum Gasteiger partial charge on any atom is 0.325 e. The van der Waals surface area contributed by atoms with Crippen molar-refractivity contribution < 1.29 is 19.5 Å². The first-order valence-electron chi connectivity index (χ1n) is 10.5. The van der Waals surface area contributed by atoms with Crippen LogP contribution in [0.5, 0.6) is 0 Å². The van der Waals surface area contributed by atoms with Gasteiger partial charge in [-0.3, -0.25) is 14.5 Å². The van der Waals surface area contributed by atoms with Crippen molar-refractivity contribution in [3.8, 4) is 0 Å². The smallest absolute Gasteiger partial charge is 0.325 e. The quantitative estimate of drug-likeness (QED) is 0.470. The number of hydrogen-bond donors (Lipinski definition) is 4. The van der Waals surface area contributed by atoms with E-state index in [-0.39, 0.29) is 42.1 Å². The molecule has 166 valence electrons. The Hall–Kier alpha value is -1.38. The van der Waals surface area contributed by atoms with E-state index >= 15 is 0 Å². The van der Waals surface area contributed by atoms with Crippen molar-refractivity contribution >= 4 is 30.3 Å². The minimum absolute atomic E-state index is 0. The first-order valence-corrected chi connectivity index (χ1v) is 10.5. The van der Waals surface area contributed by atoms with Gasteiger partial charge in [-0.15, -0.1) is 12.4 Å². The van der Waals surface area contributed by atoms with Crippen molar-refractivity contribution in [3.63, 3.8) is 0 Å². The first kappa shape index (κ1) is 23.9. The lowest BCUT2D eigenvalue weighted by Crippen LogP contribution is -2.51. The van der Waals surface area contributed by atoms with E-state index in [1.54, 1.807) is 0 Å². The highest BCUT2D eigenvalue weighted by molar-refractivity contribution is 6.09. The Labute approximate surface area is 178 Å². The van der Waals surface area contributed by atoms with E-state index in [1.165, 1.54) is 0 Å². The molecule has 2 heterocycles. The van der Waals surface area contributed by atoms with Crippen LogP contribution in [-0.4, -0.2) is 65.7 Å². The Morgan fingerprint density at radius 2 is 1.93 bits per heavy atom. The van der Waals surface area contributed by atoms with Crippen molar-refractivity contribution in [2.24, 2.45) is 17.3 Å². The summed E-state index contributed by atoms with van der Waals surface area (Å²) in [6.07, 6.45) is 3.66. The van der Waals surface area contributed by atoms with Gasteiger partial charge in [-0.05, 0) is 37.0 Å². The van der Waals surface area contributed by atoms with Crippen LogP contribution in [0.25, 0.3) is 0 Å². The summed E-state index contributed by atoms with van der Waals surface area (Å²) < 4.78 is 0. The molecule has 2 aliphatic heterocycles. The van der Waals surface area contributed by atoms with Crippen LogP contribution in [0.15, 0.2) is 0 Å². The van der Waals surface area contributed by atoms with Crippen molar-refractivity contribution in [3.05, 3.63) is 0 Å². The number of carbonyl (C=O) groups is 3. The third-order valence-electron chi connectivity index (χ3n) is 7.27. The van der Waals surface area contributed by atoms with Gasteiger partial charge in [0.05, 0.1) is 6.10 Å². The van der Waals surface area contributed by atoms with Gasteiger partial charge in [0.15, 0.2) is 0 Å². The molecule has 3 rings (SSSR count). The largest absolute Gasteiger partial charge is 0.391 e. The Kier molecular flexibility index (Phi) is 7.57. The molecule has 0 radical (unpaired) electrons. The molecule has 1 spiro atoms. The number of nitrogens with one attached hydrogen (secondary N) is 3. The predicted molar refractivity (Wildman–Crippen MR) is 112 cm³/mol. The van der Waals surface area contributed by atoms with E-state index in [9.17, 15) is 19.5 Å². The Morgan fingerprint density at radius 1 is 1.28 bits per heavy atom. The van der Waals surface area contributed by atoms with Crippen LogP contribution in [0.4, 0.5) is 4.79 Å². The topological polar surface area (TPSA) is 111 Å². The number of aliphatic hydroxyl groups is 1. The Balaban J connectivity index is 0.00000300. The number of nitrogens with zero attached hydrogens (tertiary/aromatic N) is 1. The minimum Gasteiger partial charge on any atom is -0.391 e. The minimum atomic E-state index is -0.844. The van der Waals surface area contributed by atoms with Crippen molar-refractivity contribution in [1.29, 1.82) is 0 Å². The van der Waals surface area contributed by atoms with E-state index < -0.39 is 17.7 Å². The fourth-order valence-corrected chi connectivity index (χ4v) is 4.71. The predicted octanol–water partition coefficient (Wildman–Crippen LogP) is 1.02. The van der Waals surface area contributed by atoms with E-state index in [2.05, 4.69) is 36.7 Å². The maximum atomic E-state index is 13.0. The second-order valence-electron chi connectivity index (χ2n) is 9.31. The molecule has 4 N–H and O–H groups in total. The van der Waals surface area contributed by atoms with Crippen molar-refractivity contribution in [1.82, 2.24) is 20.9 Å². The molecule has 0 bridgehead atoms. The van der Waals surface area contributed by atoms with Gasteiger partial charge in [-0.2, -0.15) is 0 Å². The maximum absolute atomic E-state index is 13.0. The molecule has 1 aliphatic carbocycles. The molecule has 8 nitrogen and oxygen atoms in total. The summed E-state index contributed by atoms with van der Waals surface area (Å²) in [7, 11) is 0. The van der Waals surface area contributed by atoms with E-state index in [4.69, 9.17) is 0 Å². The van der Waals surface area contributed by atoms with Gasteiger partial charge in [0.1, 0.15) is 12.1 Å². The summed E-state index contributed by atoms with van der Waals surface area (Å²) >= 11 is 0. The summed E-state index contributed by atoms with van der Waals surface area (Å²) in [5.41, 5.74) is -0.615. The molecule has 0 aromatic heterocycles. The van der Waals surface area contributed by atoms with Crippen molar-refractivity contribution in [2.75, 3.05) is 26.2 Å². The number of hydrogen-bond acceptors (Lipinski definition) is 5. The SMILES string of the molecule is CCC(C)(C)C1CCC2(CC1)NC(=O)N(CC(=O)NCC1CNCC1O)C2=O.Cl. The van der Waals surface area contributed by atoms with Gasteiger partial charge >= 0.3 is 6.03 Å². The fourth-order valence-electron chi connectivity index (χ4n) is 4.71. The van der Waals surface area contributed by atoms with Crippen LogP contribution >= 0.6 is 12.4 Å². The van der Waals surface area contributed by atoms with Gasteiger partial charge in [0.2, 0.25) is 5.91 Å². The van der Waals surface area contributed by atoms with E-state index in [0.29, 0.717) is 38.4 Å². The molecule has 2 unspecified atom stereocenters. The van der Waals surface area contributed by atoms with Crippen LogP contribution in [0.1, 0.15) is 52.9 Å². The van der Waals surface area contributed by atoms with Crippen LogP contribution in [0.2, 0.25) is 0 Å².